The first-order chi connectivity index (χ1) is 29.3. The van der Waals surface area contributed by atoms with E-state index in [4.69, 9.17) is 4.98 Å². The van der Waals surface area contributed by atoms with Crippen LogP contribution in [0.25, 0.3) is 71.1 Å². The molecule has 16 rings (SSSR count). The average Bonchev–Trinajstić information content (AvgIpc) is 3.89. The van der Waals surface area contributed by atoms with E-state index in [1.165, 1.54) is 152 Å². The molecule has 0 amide bonds. The molecule has 0 saturated heterocycles. The number of benzene rings is 5. The summed E-state index contributed by atoms with van der Waals surface area (Å²) >= 11 is 0. The molecular formula is C57H51N3. The van der Waals surface area contributed by atoms with Crippen molar-refractivity contribution in [1.29, 1.82) is 5.26 Å². The van der Waals surface area contributed by atoms with E-state index in [9.17, 15) is 5.26 Å². The molecule has 5 saturated carbocycles. The maximum Gasteiger partial charge on any atom is 0.0995 e. The lowest BCUT2D eigenvalue weighted by Crippen LogP contribution is -2.41. The Labute approximate surface area is 352 Å². The molecule has 5 fully saturated rings. The third kappa shape index (κ3) is 3.93. The van der Waals surface area contributed by atoms with E-state index < -0.39 is 0 Å². The van der Waals surface area contributed by atoms with Crippen molar-refractivity contribution in [2.45, 2.75) is 114 Å². The lowest BCUT2D eigenvalue weighted by Gasteiger charge is -2.48. The molecule has 7 unspecified atom stereocenters. The number of hydrogen-bond acceptors (Lipinski definition) is 2. The van der Waals surface area contributed by atoms with Crippen LogP contribution >= 0.6 is 0 Å². The first-order valence-electron chi connectivity index (χ1n) is 23.5. The Morgan fingerprint density at radius 1 is 0.633 bits per heavy atom. The molecule has 0 aliphatic heterocycles. The summed E-state index contributed by atoms with van der Waals surface area (Å²) in [6.45, 7) is 7.17. The normalized spacial score (nSPS) is 30.6. The molecule has 0 N–H and O–H groups in total. The quantitative estimate of drug-likeness (QED) is 0.175. The van der Waals surface area contributed by atoms with Gasteiger partial charge < -0.3 is 4.40 Å². The lowest BCUT2D eigenvalue weighted by atomic mass is 9.56. The summed E-state index contributed by atoms with van der Waals surface area (Å²) < 4.78 is 2.67. The van der Waals surface area contributed by atoms with Crippen LogP contribution in [0.1, 0.15) is 142 Å². The van der Waals surface area contributed by atoms with E-state index in [1.807, 2.05) is 0 Å². The minimum Gasteiger partial charge on any atom is -0.306 e. The molecule has 0 radical (unpaired) electrons. The molecule has 7 bridgehead atoms. The molecule has 294 valence electrons. The summed E-state index contributed by atoms with van der Waals surface area (Å²) in [6, 6.07) is 33.1. The average molecular weight is 778 g/mol. The number of nitrogens with zero attached hydrogens (tertiary/aromatic N) is 3. The molecule has 7 atom stereocenters. The summed E-state index contributed by atoms with van der Waals surface area (Å²) in [4.78, 5) is 5.63. The van der Waals surface area contributed by atoms with Gasteiger partial charge in [0.15, 0.2) is 0 Å². The highest BCUT2D eigenvalue weighted by Crippen LogP contribution is 2.77. The van der Waals surface area contributed by atoms with Crippen molar-refractivity contribution in [3.63, 3.8) is 0 Å². The zero-order valence-corrected chi connectivity index (χ0v) is 35.1. The molecule has 8 aliphatic rings. The first kappa shape index (κ1) is 33.5. The van der Waals surface area contributed by atoms with Gasteiger partial charge in [0.1, 0.15) is 0 Å². The zero-order chi connectivity index (χ0) is 39.6. The van der Waals surface area contributed by atoms with Gasteiger partial charge >= 0.3 is 0 Å². The zero-order valence-electron chi connectivity index (χ0n) is 35.1. The summed E-state index contributed by atoms with van der Waals surface area (Å²) in [7, 11) is 0. The van der Waals surface area contributed by atoms with Crippen LogP contribution in [0, 0.1) is 40.4 Å². The smallest absolute Gasteiger partial charge is 0.0995 e. The predicted molar refractivity (Wildman–Crippen MR) is 244 cm³/mol. The predicted octanol–water partition coefficient (Wildman–Crippen LogP) is 14.7. The van der Waals surface area contributed by atoms with Crippen LogP contribution in [0.4, 0.5) is 0 Å². The fraction of sp³-hybridized carbons (Fsp3) is 0.404. The Morgan fingerprint density at radius 2 is 1.30 bits per heavy atom. The summed E-state index contributed by atoms with van der Waals surface area (Å²) in [5.41, 5.74) is 17.9. The Hall–Kier alpha value is -5.20. The molecule has 3 heterocycles. The molecule has 1 spiro atoms. The van der Waals surface area contributed by atoms with Crippen LogP contribution in [0.2, 0.25) is 0 Å². The third-order valence-corrected chi connectivity index (χ3v) is 18.6. The third-order valence-electron chi connectivity index (χ3n) is 18.6. The molecule has 8 aromatic rings. The van der Waals surface area contributed by atoms with Gasteiger partial charge in [-0.2, -0.15) is 5.26 Å². The molecule has 5 aromatic carbocycles. The maximum atomic E-state index is 11.3. The Bertz CT molecular complexity index is 3250. The van der Waals surface area contributed by atoms with Crippen molar-refractivity contribution in [3.05, 3.63) is 119 Å². The van der Waals surface area contributed by atoms with E-state index in [0.29, 0.717) is 29.1 Å². The van der Waals surface area contributed by atoms with Gasteiger partial charge in [-0.3, -0.25) is 4.98 Å². The van der Waals surface area contributed by atoms with Crippen LogP contribution in [0.5, 0.6) is 0 Å². The van der Waals surface area contributed by atoms with Gasteiger partial charge in [0, 0.05) is 38.5 Å². The fourth-order valence-electron chi connectivity index (χ4n) is 16.6. The van der Waals surface area contributed by atoms with Crippen molar-refractivity contribution in [3.8, 4) is 28.3 Å². The van der Waals surface area contributed by atoms with Gasteiger partial charge in [-0.1, -0.05) is 81.4 Å². The van der Waals surface area contributed by atoms with Crippen molar-refractivity contribution < 1.29 is 0 Å². The summed E-state index contributed by atoms with van der Waals surface area (Å²) in [5, 5.41) is 19.8. The Balaban J connectivity index is 1.24. The lowest BCUT2D eigenvalue weighted by molar-refractivity contribution is 0.00322. The van der Waals surface area contributed by atoms with Gasteiger partial charge in [-0.15, -0.1) is 0 Å². The number of fused-ring (bicyclic) bond motifs is 14. The van der Waals surface area contributed by atoms with Gasteiger partial charge in [-0.25, -0.2) is 0 Å². The monoisotopic (exact) mass is 777 g/mol. The van der Waals surface area contributed by atoms with Gasteiger partial charge in [0.2, 0.25) is 0 Å². The number of aromatic nitrogens is 2. The maximum absolute atomic E-state index is 11.3. The van der Waals surface area contributed by atoms with Crippen LogP contribution in [0.15, 0.2) is 85.1 Å². The van der Waals surface area contributed by atoms with E-state index in [1.54, 1.807) is 11.1 Å². The van der Waals surface area contributed by atoms with Crippen molar-refractivity contribution in [2.75, 3.05) is 0 Å². The van der Waals surface area contributed by atoms with Crippen LogP contribution in [-0.2, 0) is 5.41 Å². The van der Waals surface area contributed by atoms with Crippen LogP contribution in [-0.4, -0.2) is 9.38 Å². The van der Waals surface area contributed by atoms with E-state index >= 15 is 0 Å². The van der Waals surface area contributed by atoms with Crippen molar-refractivity contribution in [2.24, 2.45) is 29.1 Å². The largest absolute Gasteiger partial charge is 0.306 e. The fourth-order valence-corrected chi connectivity index (χ4v) is 16.6. The number of nitriles is 1. The first-order valence-corrected chi connectivity index (χ1v) is 23.5. The second-order valence-electron chi connectivity index (χ2n) is 22.3. The number of hydrogen-bond donors (Lipinski definition) is 0. The summed E-state index contributed by atoms with van der Waals surface area (Å²) in [5.74, 6) is 5.44. The molecule has 3 nitrogen and oxygen atoms in total. The highest BCUT2D eigenvalue weighted by atomic mass is 14.9. The molecule has 3 heteroatoms. The van der Waals surface area contributed by atoms with Crippen LogP contribution < -0.4 is 0 Å². The van der Waals surface area contributed by atoms with Crippen molar-refractivity contribution >= 4 is 48.9 Å². The summed E-state index contributed by atoms with van der Waals surface area (Å²) in [6.07, 6.45) is 15.5. The SMILES string of the molecule is CC(C)(C)c1cc(-c2ccccc2)c2c(c1)c(-c1ccccc1)c1c3c4c(ncc3n3c5cc(C#N)c6c(c5c2c13)C1CC2CC3CC6CC32C1)C1CC2CC(C1)CC4C2. The Morgan fingerprint density at radius 3 is 2.00 bits per heavy atom. The molecular weight excluding hydrogens is 727 g/mol. The minimum absolute atomic E-state index is 0.0526. The highest BCUT2D eigenvalue weighted by molar-refractivity contribution is 6.39. The highest BCUT2D eigenvalue weighted by Gasteiger charge is 2.66. The standard InChI is InChI=1S/C57H51N3/c1-56(2,3)38-23-41(31-10-6-4-7-11-31)49-42(24-38)46(32-12-8-5-9-13-32)52-51-44(28-59-54-34-17-29-14-30(18-34)16-33(15-29)48(51)54)60-43-21-37(27-58)45-35-19-39-22-40-20-36(26-57(39,40)25-35)47(45)50(43)53(49)55(52)60/h4-13,21,23-24,28-30,33-36,39-40H,14-20,22,25-26H2,1-3H3. The molecule has 60 heavy (non-hydrogen) atoms. The Kier molecular flexibility index (Phi) is 6.14. The van der Waals surface area contributed by atoms with Crippen LogP contribution in [0.3, 0.4) is 0 Å². The van der Waals surface area contributed by atoms with E-state index in [-0.39, 0.29) is 5.41 Å². The van der Waals surface area contributed by atoms with Gasteiger partial charge in [-0.05, 0) is 185 Å². The van der Waals surface area contributed by atoms with E-state index in [2.05, 4.69) is 116 Å². The van der Waals surface area contributed by atoms with Gasteiger partial charge in [0.25, 0.3) is 0 Å². The number of rotatable bonds is 2. The number of pyridine rings is 1. The minimum atomic E-state index is -0.0526. The van der Waals surface area contributed by atoms with E-state index in [0.717, 1.165) is 29.2 Å². The van der Waals surface area contributed by atoms with Gasteiger partial charge in [0.05, 0.1) is 34.4 Å². The van der Waals surface area contributed by atoms with Crippen molar-refractivity contribution in [1.82, 2.24) is 9.38 Å². The second kappa shape index (κ2) is 11.0. The molecule has 8 aliphatic carbocycles. The second-order valence-corrected chi connectivity index (χ2v) is 22.3. The molecule has 3 aromatic heterocycles. The topological polar surface area (TPSA) is 41.1 Å².